The summed E-state index contributed by atoms with van der Waals surface area (Å²) in [7, 11) is 1.61. The molecular weight excluding hydrogens is 268 g/mol. The third-order valence-electron chi connectivity index (χ3n) is 3.54. The Bertz CT molecular complexity index is 612. The molecule has 0 saturated carbocycles. The van der Waals surface area contributed by atoms with Crippen molar-refractivity contribution in [1.82, 2.24) is 19.9 Å². The first-order valence-corrected chi connectivity index (χ1v) is 6.92. The molecule has 110 valence electrons. The number of methoxy groups -OCH3 is 1. The van der Waals surface area contributed by atoms with E-state index in [0.717, 1.165) is 37.7 Å². The molecule has 1 saturated heterocycles. The number of aromatic nitrogens is 4. The van der Waals surface area contributed by atoms with Gasteiger partial charge in [0.1, 0.15) is 5.82 Å². The number of hydrogen-bond donors (Lipinski definition) is 0. The Morgan fingerprint density at radius 3 is 2.38 bits per heavy atom. The molecule has 7 heteroatoms. The molecule has 0 radical (unpaired) electrons. The van der Waals surface area contributed by atoms with Crippen LogP contribution in [0.5, 0.6) is 5.88 Å². The van der Waals surface area contributed by atoms with Gasteiger partial charge in [0.15, 0.2) is 0 Å². The van der Waals surface area contributed by atoms with Gasteiger partial charge in [-0.15, -0.1) is 0 Å². The number of rotatable bonds is 3. The predicted octanol–water partition coefficient (Wildman–Crippen LogP) is 0.910. The van der Waals surface area contributed by atoms with Gasteiger partial charge in [0.25, 0.3) is 0 Å². The summed E-state index contributed by atoms with van der Waals surface area (Å²) in [6.45, 7) is 5.44. The van der Waals surface area contributed by atoms with Crippen molar-refractivity contribution in [3.8, 4) is 5.88 Å². The maximum atomic E-state index is 5.15. The van der Waals surface area contributed by atoms with Crippen molar-refractivity contribution >= 4 is 11.8 Å². The summed E-state index contributed by atoms with van der Waals surface area (Å²) in [5.74, 6) is 2.26. The lowest BCUT2D eigenvalue weighted by Gasteiger charge is -2.35. The summed E-state index contributed by atoms with van der Waals surface area (Å²) in [5.41, 5.74) is 0.962. The van der Waals surface area contributed by atoms with Crippen molar-refractivity contribution in [2.45, 2.75) is 6.92 Å². The summed E-state index contributed by atoms with van der Waals surface area (Å²) in [5, 5.41) is 0. The van der Waals surface area contributed by atoms with Crippen LogP contribution in [0.15, 0.2) is 24.7 Å². The van der Waals surface area contributed by atoms with Gasteiger partial charge in [-0.25, -0.2) is 9.97 Å². The second kappa shape index (κ2) is 5.90. The Balaban J connectivity index is 1.69. The van der Waals surface area contributed by atoms with Crippen molar-refractivity contribution in [3.63, 3.8) is 0 Å². The molecule has 0 atom stereocenters. The van der Waals surface area contributed by atoms with E-state index in [9.17, 15) is 0 Å². The van der Waals surface area contributed by atoms with Crippen LogP contribution in [0.3, 0.4) is 0 Å². The monoisotopic (exact) mass is 286 g/mol. The van der Waals surface area contributed by atoms with E-state index >= 15 is 0 Å². The van der Waals surface area contributed by atoms with Crippen LogP contribution < -0.4 is 14.5 Å². The van der Waals surface area contributed by atoms with Gasteiger partial charge in [0, 0.05) is 50.8 Å². The van der Waals surface area contributed by atoms with Gasteiger partial charge in [0.05, 0.1) is 12.8 Å². The highest BCUT2D eigenvalue weighted by molar-refractivity contribution is 5.45. The fourth-order valence-corrected chi connectivity index (χ4v) is 2.43. The van der Waals surface area contributed by atoms with E-state index in [1.165, 1.54) is 0 Å². The molecule has 0 N–H and O–H groups in total. The Labute approximate surface area is 123 Å². The molecule has 2 aromatic rings. The predicted molar refractivity (Wildman–Crippen MR) is 79.8 cm³/mol. The van der Waals surface area contributed by atoms with E-state index in [4.69, 9.17) is 4.74 Å². The Morgan fingerprint density at radius 1 is 0.952 bits per heavy atom. The number of nitrogens with zero attached hydrogens (tertiary/aromatic N) is 6. The quantitative estimate of drug-likeness (QED) is 0.830. The maximum absolute atomic E-state index is 5.15. The second-order valence-electron chi connectivity index (χ2n) is 4.84. The summed E-state index contributed by atoms with van der Waals surface area (Å²) in [4.78, 5) is 21.8. The van der Waals surface area contributed by atoms with Gasteiger partial charge in [-0.1, -0.05) is 0 Å². The lowest BCUT2D eigenvalue weighted by molar-refractivity contribution is 0.396. The normalized spacial score (nSPS) is 15.1. The van der Waals surface area contributed by atoms with Gasteiger partial charge in [0.2, 0.25) is 11.8 Å². The highest BCUT2D eigenvalue weighted by Gasteiger charge is 2.21. The Morgan fingerprint density at radius 2 is 1.67 bits per heavy atom. The van der Waals surface area contributed by atoms with Crippen molar-refractivity contribution in [1.29, 1.82) is 0 Å². The number of ether oxygens (including phenoxy) is 1. The Hall–Kier alpha value is -2.44. The van der Waals surface area contributed by atoms with Crippen LogP contribution in [0.4, 0.5) is 11.8 Å². The minimum atomic E-state index is 0.590. The zero-order chi connectivity index (χ0) is 14.7. The number of hydrogen-bond acceptors (Lipinski definition) is 7. The zero-order valence-corrected chi connectivity index (χ0v) is 12.2. The van der Waals surface area contributed by atoms with Crippen LogP contribution in [0.1, 0.15) is 5.69 Å². The summed E-state index contributed by atoms with van der Waals surface area (Å²) in [6, 6.07) is 1.75. The van der Waals surface area contributed by atoms with Gasteiger partial charge >= 0.3 is 0 Å². The molecule has 1 fully saturated rings. The molecule has 1 aliphatic heterocycles. The second-order valence-corrected chi connectivity index (χ2v) is 4.84. The molecule has 0 aliphatic carbocycles. The minimum absolute atomic E-state index is 0.590. The van der Waals surface area contributed by atoms with Crippen LogP contribution in [0.25, 0.3) is 0 Å². The molecule has 0 bridgehead atoms. The van der Waals surface area contributed by atoms with Gasteiger partial charge in [-0.05, 0) is 6.92 Å². The third-order valence-corrected chi connectivity index (χ3v) is 3.54. The Kier molecular flexibility index (Phi) is 3.81. The van der Waals surface area contributed by atoms with Gasteiger partial charge < -0.3 is 14.5 Å². The van der Waals surface area contributed by atoms with E-state index in [2.05, 4.69) is 29.7 Å². The standard InChI is InChI=1S/C14H18N6O/c1-11-13(16-6-5-15-11)19-7-9-20(10-8-19)14-17-4-3-12(18-14)21-2/h3-6H,7-10H2,1-2H3. The molecule has 0 spiro atoms. The SMILES string of the molecule is COc1ccnc(N2CCN(c3nccnc3C)CC2)n1. The first kappa shape index (κ1) is 13.5. The maximum Gasteiger partial charge on any atom is 0.228 e. The first-order chi connectivity index (χ1) is 10.3. The number of anilines is 2. The number of piperazine rings is 1. The minimum Gasteiger partial charge on any atom is -0.481 e. The van der Waals surface area contributed by atoms with Crippen LogP contribution in [-0.2, 0) is 0 Å². The molecule has 3 rings (SSSR count). The van der Waals surface area contributed by atoms with Crippen molar-refractivity contribution in [2.75, 3.05) is 43.1 Å². The summed E-state index contributed by atoms with van der Waals surface area (Å²) < 4.78 is 5.15. The van der Waals surface area contributed by atoms with E-state index in [0.29, 0.717) is 11.8 Å². The molecule has 3 heterocycles. The van der Waals surface area contributed by atoms with E-state index < -0.39 is 0 Å². The topological polar surface area (TPSA) is 67.3 Å². The zero-order valence-electron chi connectivity index (χ0n) is 12.2. The summed E-state index contributed by atoms with van der Waals surface area (Å²) >= 11 is 0. The van der Waals surface area contributed by atoms with Gasteiger partial charge in [-0.2, -0.15) is 4.98 Å². The average Bonchev–Trinajstić information content (AvgIpc) is 2.56. The van der Waals surface area contributed by atoms with Gasteiger partial charge in [-0.3, -0.25) is 4.98 Å². The molecule has 2 aromatic heterocycles. The summed E-state index contributed by atoms with van der Waals surface area (Å²) in [6.07, 6.45) is 5.18. The molecule has 0 amide bonds. The van der Waals surface area contributed by atoms with Crippen molar-refractivity contribution in [3.05, 3.63) is 30.4 Å². The fourth-order valence-electron chi connectivity index (χ4n) is 2.43. The first-order valence-electron chi connectivity index (χ1n) is 6.92. The van der Waals surface area contributed by atoms with E-state index in [1.54, 1.807) is 31.8 Å². The van der Waals surface area contributed by atoms with Crippen LogP contribution in [0, 0.1) is 6.92 Å². The molecule has 1 aliphatic rings. The molecule has 7 nitrogen and oxygen atoms in total. The largest absolute Gasteiger partial charge is 0.481 e. The molecule has 21 heavy (non-hydrogen) atoms. The number of aryl methyl sites for hydroxylation is 1. The van der Waals surface area contributed by atoms with Crippen molar-refractivity contribution < 1.29 is 4.74 Å². The van der Waals surface area contributed by atoms with Crippen LogP contribution in [-0.4, -0.2) is 53.2 Å². The molecule has 0 unspecified atom stereocenters. The highest BCUT2D eigenvalue weighted by Crippen LogP contribution is 2.19. The third kappa shape index (κ3) is 2.86. The smallest absolute Gasteiger partial charge is 0.228 e. The molecular formula is C14H18N6O. The average molecular weight is 286 g/mol. The highest BCUT2D eigenvalue weighted by atomic mass is 16.5. The molecule has 0 aromatic carbocycles. The van der Waals surface area contributed by atoms with Crippen molar-refractivity contribution in [2.24, 2.45) is 0 Å². The lowest BCUT2D eigenvalue weighted by atomic mass is 10.3. The lowest BCUT2D eigenvalue weighted by Crippen LogP contribution is -2.47. The van der Waals surface area contributed by atoms with Crippen LogP contribution in [0.2, 0.25) is 0 Å². The van der Waals surface area contributed by atoms with E-state index in [1.807, 2.05) is 6.92 Å². The fraction of sp³-hybridized carbons (Fsp3) is 0.429. The van der Waals surface area contributed by atoms with Crippen LogP contribution >= 0.6 is 0 Å². The van der Waals surface area contributed by atoms with E-state index in [-0.39, 0.29) is 0 Å².